The standard InChI is InChI=1S/C8H8ClF3N2/c1-4(13)7-6(8(10,11)12)2-5(9)3-14-7/h2-4H,13H2,1H3/t4-/m0/s1. The first-order valence-electron chi connectivity index (χ1n) is 3.80. The molecule has 0 aliphatic rings. The summed E-state index contributed by atoms with van der Waals surface area (Å²) in [5, 5.41) is -0.0540. The van der Waals surface area contributed by atoms with Gasteiger partial charge in [0.05, 0.1) is 16.3 Å². The van der Waals surface area contributed by atoms with Gasteiger partial charge in [0.15, 0.2) is 0 Å². The van der Waals surface area contributed by atoms with Crippen LogP contribution >= 0.6 is 11.6 Å². The second-order valence-corrected chi connectivity index (χ2v) is 3.31. The number of alkyl halides is 3. The summed E-state index contributed by atoms with van der Waals surface area (Å²) < 4.78 is 37.3. The second kappa shape index (κ2) is 3.74. The molecule has 0 fully saturated rings. The quantitative estimate of drug-likeness (QED) is 0.797. The van der Waals surface area contributed by atoms with E-state index in [2.05, 4.69) is 4.98 Å². The lowest BCUT2D eigenvalue weighted by molar-refractivity contribution is -0.138. The van der Waals surface area contributed by atoms with E-state index in [1.54, 1.807) is 0 Å². The van der Waals surface area contributed by atoms with Crippen molar-refractivity contribution >= 4 is 11.6 Å². The molecule has 1 rings (SSSR count). The van der Waals surface area contributed by atoms with Crippen molar-refractivity contribution in [1.82, 2.24) is 4.98 Å². The van der Waals surface area contributed by atoms with Crippen LogP contribution in [0.1, 0.15) is 24.2 Å². The van der Waals surface area contributed by atoms with Crippen LogP contribution in [0.4, 0.5) is 13.2 Å². The smallest absolute Gasteiger partial charge is 0.323 e. The van der Waals surface area contributed by atoms with Crippen molar-refractivity contribution in [3.63, 3.8) is 0 Å². The van der Waals surface area contributed by atoms with E-state index in [1.807, 2.05) is 0 Å². The van der Waals surface area contributed by atoms with Gasteiger partial charge in [-0.25, -0.2) is 0 Å². The molecule has 6 heteroatoms. The van der Waals surface area contributed by atoms with Gasteiger partial charge in [0.1, 0.15) is 0 Å². The summed E-state index contributed by atoms with van der Waals surface area (Å²) in [6, 6.07) is 0.0525. The van der Waals surface area contributed by atoms with Crippen LogP contribution < -0.4 is 5.73 Å². The Morgan fingerprint density at radius 1 is 1.50 bits per heavy atom. The highest BCUT2D eigenvalue weighted by Gasteiger charge is 2.35. The van der Waals surface area contributed by atoms with Crippen LogP contribution in [0.5, 0.6) is 0 Å². The lowest BCUT2D eigenvalue weighted by Crippen LogP contribution is -2.16. The fourth-order valence-electron chi connectivity index (χ4n) is 1.04. The van der Waals surface area contributed by atoms with Crippen molar-refractivity contribution in [1.29, 1.82) is 0 Å². The predicted octanol–water partition coefficient (Wildman–Crippen LogP) is 2.77. The maximum atomic E-state index is 12.4. The van der Waals surface area contributed by atoms with E-state index in [1.165, 1.54) is 6.92 Å². The molecule has 0 saturated heterocycles. The van der Waals surface area contributed by atoms with Crippen molar-refractivity contribution in [2.24, 2.45) is 5.73 Å². The predicted molar refractivity (Wildman–Crippen MR) is 46.9 cm³/mol. The summed E-state index contributed by atoms with van der Waals surface area (Å²) in [4.78, 5) is 3.57. The van der Waals surface area contributed by atoms with Crippen LogP contribution in [-0.2, 0) is 6.18 Å². The Balaban J connectivity index is 3.30. The molecule has 1 atom stereocenters. The van der Waals surface area contributed by atoms with Gasteiger partial charge in [0.25, 0.3) is 0 Å². The molecule has 1 aromatic rings. The van der Waals surface area contributed by atoms with E-state index in [4.69, 9.17) is 17.3 Å². The summed E-state index contributed by atoms with van der Waals surface area (Å²) in [5.74, 6) is 0. The third-order valence-electron chi connectivity index (χ3n) is 1.62. The van der Waals surface area contributed by atoms with Gasteiger partial charge in [-0.3, -0.25) is 4.98 Å². The maximum Gasteiger partial charge on any atom is 0.418 e. The average molecular weight is 225 g/mol. The molecule has 1 aromatic heterocycles. The largest absolute Gasteiger partial charge is 0.418 e. The first kappa shape index (κ1) is 11.3. The van der Waals surface area contributed by atoms with Crippen molar-refractivity contribution in [3.05, 3.63) is 28.5 Å². The number of pyridine rings is 1. The zero-order valence-electron chi connectivity index (χ0n) is 7.27. The molecule has 2 nitrogen and oxygen atoms in total. The van der Waals surface area contributed by atoms with E-state index in [0.717, 1.165) is 12.3 Å². The highest BCUT2D eigenvalue weighted by Crippen LogP contribution is 2.34. The van der Waals surface area contributed by atoms with Gasteiger partial charge in [0.2, 0.25) is 0 Å². The van der Waals surface area contributed by atoms with E-state index < -0.39 is 17.8 Å². The Kier molecular flexibility index (Phi) is 3.01. The topological polar surface area (TPSA) is 38.9 Å². The average Bonchev–Trinajstić information content (AvgIpc) is 2.01. The van der Waals surface area contributed by atoms with Gasteiger partial charge in [-0.15, -0.1) is 0 Å². The molecule has 0 aliphatic heterocycles. The zero-order valence-corrected chi connectivity index (χ0v) is 8.02. The molecule has 0 amide bonds. The number of hydrogen-bond donors (Lipinski definition) is 1. The van der Waals surface area contributed by atoms with Crippen molar-refractivity contribution in [3.8, 4) is 0 Å². The van der Waals surface area contributed by atoms with Gasteiger partial charge in [-0.05, 0) is 13.0 Å². The van der Waals surface area contributed by atoms with Crippen LogP contribution in [0.15, 0.2) is 12.3 Å². The second-order valence-electron chi connectivity index (χ2n) is 2.87. The number of aromatic nitrogens is 1. The minimum absolute atomic E-state index is 0.0540. The van der Waals surface area contributed by atoms with Crippen molar-refractivity contribution < 1.29 is 13.2 Å². The van der Waals surface area contributed by atoms with Gasteiger partial charge >= 0.3 is 6.18 Å². The number of halogens is 4. The Hall–Kier alpha value is -0.810. The molecule has 2 N–H and O–H groups in total. The van der Waals surface area contributed by atoms with Crippen LogP contribution in [-0.4, -0.2) is 4.98 Å². The van der Waals surface area contributed by atoms with E-state index in [0.29, 0.717) is 0 Å². The zero-order chi connectivity index (χ0) is 10.9. The molecular formula is C8H8ClF3N2. The van der Waals surface area contributed by atoms with Crippen LogP contribution in [0.3, 0.4) is 0 Å². The summed E-state index contributed by atoms with van der Waals surface area (Å²) in [5.41, 5.74) is 4.29. The molecule has 0 spiro atoms. The number of hydrogen-bond acceptors (Lipinski definition) is 2. The third-order valence-corrected chi connectivity index (χ3v) is 1.83. The maximum absolute atomic E-state index is 12.4. The molecule has 0 saturated carbocycles. The lowest BCUT2D eigenvalue weighted by Gasteiger charge is -2.14. The minimum Gasteiger partial charge on any atom is -0.323 e. The minimum atomic E-state index is -4.47. The van der Waals surface area contributed by atoms with Crippen molar-refractivity contribution in [2.75, 3.05) is 0 Å². The van der Waals surface area contributed by atoms with Gasteiger partial charge in [-0.1, -0.05) is 11.6 Å². The molecule has 0 aliphatic carbocycles. The SMILES string of the molecule is C[C@H](N)c1ncc(Cl)cc1C(F)(F)F. The monoisotopic (exact) mass is 224 g/mol. The third kappa shape index (κ3) is 2.36. The Bertz CT molecular complexity index is 336. The summed E-state index contributed by atoms with van der Waals surface area (Å²) in [7, 11) is 0. The fraction of sp³-hybridized carbons (Fsp3) is 0.375. The highest BCUT2D eigenvalue weighted by atomic mass is 35.5. The van der Waals surface area contributed by atoms with Crippen LogP contribution in [0.25, 0.3) is 0 Å². The Morgan fingerprint density at radius 2 is 2.07 bits per heavy atom. The summed E-state index contributed by atoms with van der Waals surface area (Å²) in [6.07, 6.45) is -3.32. The number of nitrogens with zero attached hydrogens (tertiary/aromatic N) is 1. The van der Waals surface area contributed by atoms with Crippen LogP contribution in [0.2, 0.25) is 5.02 Å². The first-order chi connectivity index (χ1) is 6.32. The van der Waals surface area contributed by atoms with Crippen molar-refractivity contribution in [2.45, 2.75) is 19.1 Å². The van der Waals surface area contributed by atoms with Crippen LogP contribution in [0, 0.1) is 0 Å². The molecule has 0 unspecified atom stereocenters. The first-order valence-corrected chi connectivity index (χ1v) is 4.18. The van der Waals surface area contributed by atoms with E-state index in [9.17, 15) is 13.2 Å². The highest BCUT2D eigenvalue weighted by molar-refractivity contribution is 6.30. The molecule has 78 valence electrons. The van der Waals surface area contributed by atoms with E-state index in [-0.39, 0.29) is 10.7 Å². The summed E-state index contributed by atoms with van der Waals surface area (Å²) in [6.45, 7) is 1.44. The Morgan fingerprint density at radius 3 is 2.50 bits per heavy atom. The normalized spacial score (nSPS) is 14.1. The molecule has 0 aromatic carbocycles. The molecule has 1 heterocycles. The number of nitrogens with two attached hydrogens (primary N) is 1. The van der Waals surface area contributed by atoms with E-state index >= 15 is 0 Å². The Labute approximate surface area is 83.9 Å². The fourth-order valence-corrected chi connectivity index (χ4v) is 1.20. The molecule has 0 bridgehead atoms. The number of rotatable bonds is 1. The molecule has 0 radical (unpaired) electrons. The van der Waals surface area contributed by atoms with Gasteiger partial charge < -0.3 is 5.73 Å². The van der Waals surface area contributed by atoms with Gasteiger partial charge in [0, 0.05) is 12.2 Å². The molecular weight excluding hydrogens is 217 g/mol. The summed E-state index contributed by atoms with van der Waals surface area (Å²) >= 11 is 5.42. The van der Waals surface area contributed by atoms with Gasteiger partial charge in [-0.2, -0.15) is 13.2 Å². The lowest BCUT2D eigenvalue weighted by atomic mass is 10.1. The molecule has 14 heavy (non-hydrogen) atoms.